The van der Waals surface area contributed by atoms with Crippen molar-refractivity contribution >= 4 is 5.91 Å². The summed E-state index contributed by atoms with van der Waals surface area (Å²) in [5.41, 5.74) is 7.77. The molecule has 1 aromatic heterocycles. The fourth-order valence-corrected chi connectivity index (χ4v) is 3.59. The molecule has 6 heteroatoms. The number of hydrogen-bond acceptors (Lipinski definition) is 4. The summed E-state index contributed by atoms with van der Waals surface area (Å²) in [6.07, 6.45) is 8.36. The Balaban J connectivity index is 1.75. The average molecular weight is 292 g/mol. The van der Waals surface area contributed by atoms with Gasteiger partial charge in [-0.25, -0.2) is 0 Å². The Hall–Kier alpha value is -1.40. The van der Waals surface area contributed by atoms with Crippen LogP contribution < -0.4 is 11.1 Å². The van der Waals surface area contributed by atoms with Crippen LogP contribution in [0.3, 0.4) is 0 Å². The molecule has 116 valence electrons. The molecule has 2 aliphatic carbocycles. The third-order valence-corrected chi connectivity index (χ3v) is 4.83. The van der Waals surface area contributed by atoms with E-state index in [1.165, 1.54) is 0 Å². The minimum absolute atomic E-state index is 0.00900. The number of rotatable bonds is 4. The molecule has 21 heavy (non-hydrogen) atoms. The summed E-state index contributed by atoms with van der Waals surface area (Å²) in [6, 6.07) is 0.00900. The highest BCUT2D eigenvalue weighted by molar-refractivity contribution is 5.86. The van der Waals surface area contributed by atoms with E-state index in [0.29, 0.717) is 6.54 Å². The summed E-state index contributed by atoms with van der Waals surface area (Å²) in [4.78, 5) is 12.5. The summed E-state index contributed by atoms with van der Waals surface area (Å²) in [6.45, 7) is 0.591. The number of carbonyl (C=O) groups is 1. The van der Waals surface area contributed by atoms with Crippen molar-refractivity contribution in [3.8, 4) is 0 Å². The summed E-state index contributed by atoms with van der Waals surface area (Å²) < 4.78 is 1.85. The molecule has 4 N–H and O–H groups in total. The van der Waals surface area contributed by atoms with Crippen molar-refractivity contribution in [2.75, 3.05) is 6.61 Å². The van der Waals surface area contributed by atoms with Gasteiger partial charge in [-0.3, -0.25) is 9.48 Å². The number of nitrogens with zero attached hydrogens (tertiary/aromatic N) is 2. The number of aliphatic hydroxyl groups is 1. The van der Waals surface area contributed by atoms with E-state index in [1.807, 2.05) is 10.9 Å². The lowest BCUT2D eigenvalue weighted by molar-refractivity contribution is -0.127. The molecule has 1 unspecified atom stereocenters. The lowest BCUT2D eigenvalue weighted by Crippen LogP contribution is -2.52. The van der Waals surface area contributed by atoms with Gasteiger partial charge in [0.15, 0.2) is 0 Å². The molecule has 3 rings (SSSR count). The first kappa shape index (κ1) is 14.5. The molecule has 1 fully saturated rings. The van der Waals surface area contributed by atoms with Crippen LogP contribution in [-0.4, -0.2) is 32.9 Å². The van der Waals surface area contributed by atoms with Gasteiger partial charge >= 0.3 is 0 Å². The van der Waals surface area contributed by atoms with E-state index in [4.69, 9.17) is 10.8 Å². The SMILES string of the molecule is NC1(C(=O)NC2CCCc3c2cnn3CCO)CCCC1. The van der Waals surface area contributed by atoms with Crippen LogP contribution >= 0.6 is 0 Å². The van der Waals surface area contributed by atoms with Gasteiger partial charge in [0.1, 0.15) is 0 Å². The lowest BCUT2D eigenvalue weighted by atomic mass is 9.91. The number of carbonyl (C=O) groups excluding carboxylic acids is 1. The molecule has 0 saturated heterocycles. The molecule has 1 heterocycles. The normalized spacial score (nSPS) is 23.8. The summed E-state index contributed by atoms with van der Waals surface area (Å²) >= 11 is 0. The van der Waals surface area contributed by atoms with Crippen molar-refractivity contribution in [2.24, 2.45) is 5.73 Å². The molecule has 1 aromatic rings. The fraction of sp³-hybridized carbons (Fsp3) is 0.733. The van der Waals surface area contributed by atoms with Gasteiger partial charge in [0.25, 0.3) is 0 Å². The van der Waals surface area contributed by atoms with Crippen LogP contribution in [-0.2, 0) is 17.8 Å². The quantitative estimate of drug-likeness (QED) is 0.759. The number of aromatic nitrogens is 2. The fourth-order valence-electron chi connectivity index (χ4n) is 3.59. The van der Waals surface area contributed by atoms with Crippen molar-refractivity contribution < 1.29 is 9.90 Å². The first-order chi connectivity index (χ1) is 10.1. The molecule has 0 radical (unpaired) electrons. The Labute approximate surface area is 124 Å². The highest BCUT2D eigenvalue weighted by Gasteiger charge is 2.38. The van der Waals surface area contributed by atoms with E-state index >= 15 is 0 Å². The van der Waals surface area contributed by atoms with Crippen LogP contribution in [0.2, 0.25) is 0 Å². The maximum absolute atomic E-state index is 12.5. The van der Waals surface area contributed by atoms with Gasteiger partial charge in [-0.05, 0) is 32.1 Å². The van der Waals surface area contributed by atoms with Crippen LogP contribution in [0.15, 0.2) is 6.20 Å². The van der Waals surface area contributed by atoms with Gasteiger partial charge in [-0.1, -0.05) is 12.8 Å². The van der Waals surface area contributed by atoms with E-state index < -0.39 is 5.54 Å². The van der Waals surface area contributed by atoms with Crippen molar-refractivity contribution in [2.45, 2.75) is 63.1 Å². The molecule has 0 bridgehead atoms. The predicted molar refractivity (Wildman–Crippen MR) is 78.5 cm³/mol. The van der Waals surface area contributed by atoms with Crippen LogP contribution in [0.5, 0.6) is 0 Å². The molecule has 0 aliphatic heterocycles. The van der Waals surface area contributed by atoms with Crippen molar-refractivity contribution in [3.05, 3.63) is 17.5 Å². The number of hydrogen-bond donors (Lipinski definition) is 3. The third kappa shape index (κ3) is 2.70. The molecule has 6 nitrogen and oxygen atoms in total. The second-order valence-corrected chi connectivity index (χ2v) is 6.27. The van der Waals surface area contributed by atoms with Crippen LogP contribution in [0.1, 0.15) is 55.8 Å². The molecule has 0 aromatic carbocycles. The number of nitrogens with two attached hydrogens (primary N) is 1. The van der Waals surface area contributed by atoms with Gasteiger partial charge in [0, 0.05) is 11.3 Å². The first-order valence-corrected chi connectivity index (χ1v) is 7.89. The zero-order chi connectivity index (χ0) is 14.9. The summed E-state index contributed by atoms with van der Waals surface area (Å²) in [5, 5.41) is 16.5. The molecular weight excluding hydrogens is 268 g/mol. The Morgan fingerprint density at radius 1 is 1.48 bits per heavy atom. The smallest absolute Gasteiger partial charge is 0.240 e. The van der Waals surface area contributed by atoms with Gasteiger partial charge in [0.05, 0.1) is 30.9 Å². The molecule has 1 amide bonds. The van der Waals surface area contributed by atoms with E-state index in [0.717, 1.165) is 56.2 Å². The predicted octanol–water partition coefficient (Wildman–Crippen LogP) is 0.640. The molecular formula is C15H24N4O2. The monoisotopic (exact) mass is 292 g/mol. The largest absolute Gasteiger partial charge is 0.394 e. The lowest BCUT2D eigenvalue weighted by Gasteiger charge is -2.29. The summed E-state index contributed by atoms with van der Waals surface area (Å²) in [7, 11) is 0. The molecule has 1 atom stereocenters. The Bertz CT molecular complexity index is 520. The van der Waals surface area contributed by atoms with Gasteiger partial charge < -0.3 is 16.2 Å². The van der Waals surface area contributed by atoms with Gasteiger partial charge in [0.2, 0.25) is 5.91 Å². The van der Waals surface area contributed by atoms with Crippen molar-refractivity contribution in [3.63, 3.8) is 0 Å². The van der Waals surface area contributed by atoms with Crippen LogP contribution in [0, 0.1) is 0 Å². The Morgan fingerprint density at radius 3 is 2.95 bits per heavy atom. The van der Waals surface area contributed by atoms with E-state index in [1.54, 1.807) is 0 Å². The van der Waals surface area contributed by atoms with Crippen LogP contribution in [0.4, 0.5) is 0 Å². The standard InChI is InChI=1S/C15H24N4O2/c16-15(6-1-2-7-15)14(21)18-12-4-3-5-13-11(12)10-17-19(13)8-9-20/h10,12,20H,1-9,16H2,(H,18,21). The highest BCUT2D eigenvalue weighted by Crippen LogP contribution is 2.32. The third-order valence-electron chi connectivity index (χ3n) is 4.83. The maximum Gasteiger partial charge on any atom is 0.240 e. The van der Waals surface area contributed by atoms with E-state index in [-0.39, 0.29) is 18.6 Å². The molecule has 2 aliphatic rings. The maximum atomic E-state index is 12.5. The zero-order valence-electron chi connectivity index (χ0n) is 12.3. The van der Waals surface area contributed by atoms with E-state index in [9.17, 15) is 4.79 Å². The second kappa shape index (κ2) is 5.77. The van der Waals surface area contributed by atoms with Gasteiger partial charge in [-0.15, -0.1) is 0 Å². The minimum Gasteiger partial charge on any atom is -0.394 e. The minimum atomic E-state index is -0.682. The number of aliphatic hydroxyl groups excluding tert-OH is 1. The average Bonchev–Trinajstić information content (AvgIpc) is 3.08. The van der Waals surface area contributed by atoms with Crippen molar-refractivity contribution in [1.29, 1.82) is 0 Å². The summed E-state index contributed by atoms with van der Waals surface area (Å²) in [5.74, 6) is -0.0206. The highest BCUT2D eigenvalue weighted by atomic mass is 16.3. The molecule has 0 spiro atoms. The number of amides is 1. The number of nitrogens with one attached hydrogen (secondary N) is 1. The number of fused-ring (bicyclic) bond motifs is 1. The zero-order valence-corrected chi connectivity index (χ0v) is 12.3. The van der Waals surface area contributed by atoms with Gasteiger partial charge in [-0.2, -0.15) is 5.10 Å². The van der Waals surface area contributed by atoms with Crippen LogP contribution in [0.25, 0.3) is 0 Å². The second-order valence-electron chi connectivity index (χ2n) is 6.27. The topological polar surface area (TPSA) is 93.2 Å². The van der Waals surface area contributed by atoms with E-state index in [2.05, 4.69) is 10.4 Å². The van der Waals surface area contributed by atoms with Crippen molar-refractivity contribution in [1.82, 2.24) is 15.1 Å². The first-order valence-electron chi connectivity index (χ1n) is 7.89. The Morgan fingerprint density at radius 2 is 2.24 bits per heavy atom. The molecule has 1 saturated carbocycles. The Kier molecular flexibility index (Phi) is 3.99.